The van der Waals surface area contributed by atoms with Crippen molar-refractivity contribution in [1.29, 1.82) is 0 Å². The van der Waals surface area contributed by atoms with Crippen LogP contribution in [0.15, 0.2) is 0 Å². The Morgan fingerprint density at radius 3 is 2.42 bits per heavy atom. The highest BCUT2D eigenvalue weighted by Gasteiger charge is 2.25. The van der Waals surface area contributed by atoms with Crippen LogP contribution in [0.3, 0.4) is 0 Å². The average molecular weight is 319 g/mol. The fraction of sp³-hybridized carbons (Fsp3) is 1.00. The highest BCUT2D eigenvalue weighted by molar-refractivity contribution is 7.51. The van der Waals surface area contributed by atoms with E-state index in [0.29, 0.717) is 0 Å². The number of hydrogen-bond acceptors (Lipinski definition) is 7. The summed E-state index contributed by atoms with van der Waals surface area (Å²) >= 11 is 0. The number of hydrogen-bond donors (Lipinski definition) is 7. The zero-order chi connectivity index (χ0) is 14.9. The maximum absolute atomic E-state index is 10.5. The Morgan fingerprint density at radius 2 is 1.89 bits per heavy atom. The summed E-state index contributed by atoms with van der Waals surface area (Å²) in [6.45, 7) is 0.420. The molecule has 0 fully saturated rings. The SMILES string of the molecule is O=P(O)(O)CCNCC(O)COCCC[Si](O)(O)O. The van der Waals surface area contributed by atoms with Crippen LogP contribution in [0, 0.1) is 0 Å². The van der Waals surface area contributed by atoms with Crippen LogP contribution < -0.4 is 5.32 Å². The number of aliphatic hydroxyl groups excluding tert-OH is 1. The van der Waals surface area contributed by atoms with Gasteiger partial charge in [0.1, 0.15) is 0 Å². The highest BCUT2D eigenvalue weighted by Crippen LogP contribution is 2.32. The Hall–Kier alpha value is 0.127. The van der Waals surface area contributed by atoms with Crippen LogP contribution in [0.4, 0.5) is 0 Å². The lowest BCUT2D eigenvalue weighted by atomic mass is 10.4. The molecule has 0 heterocycles. The van der Waals surface area contributed by atoms with Gasteiger partial charge in [0.05, 0.1) is 18.9 Å². The first kappa shape index (κ1) is 19.1. The lowest BCUT2D eigenvalue weighted by Gasteiger charge is -2.13. The van der Waals surface area contributed by atoms with Crippen molar-refractivity contribution in [3.8, 4) is 0 Å². The minimum Gasteiger partial charge on any atom is -0.390 e. The van der Waals surface area contributed by atoms with Gasteiger partial charge in [-0.1, -0.05) is 0 Å². The van der Waals surface area contributed by atoms with E-state index in [1.165, 1.54) is 0 Å². The molecule has 0 bridgehead atoms. The number of nitrogens with one attached hydrogen (secondary N) is 1. The van der Waals surface area contributed by atoms with E-state index in [4.69, 9.17) is 28.9 Å². The molecule has 0 amide bonds. The van der Waals surface area contributed by atoms with Crippen molar-refractivity contribution in [2.24, 2.45) is 0 Å². The molecule has 0 radical (unpaired) electrons. The zero-order valence-corrected chi connectivity index (χ0v) is 12.4. The monoisotopic (exact) mass is 319 g/mol. The van der Waals surface area contributed by atoms with Gasteiger partial charge >= 0.3 is 16.4 Å². The van der Waals surface area contributed by atoms with E-state index < -0.39 is 22.5 Å². The maximum Gasteiger partial charge on any atom is 0.492 e. The van der Waals surface area contributed by atoms with Crippen LogP contribution >= 0.6 is 7.60 Å². The molecule has 0 spiro atoms. The molecule has 19 heavy (non-hydrogen) atoms. The van der Waals surface area contributed by atoms with Crippen LogP contribution in [0.1, 0.15) is 6.42 Å². The lowest BCUT2D eigenvalue weighted by molar-refractivity contribution is 0.0365. The zero-order valence-electron chi connectivity index (χ0n) is 10.5. The molecule has 0 aliphatic heterocycles. The van der Waals surface area contributed by atoms with Crippen LogP contribution in [0.2, 0.25) is 6.04 Å². The quantitative estimate of drug-likeness (QED) is 0.123. The molecular formula is C8H22NO8PSi. The number of ether oxygens (including phenoxy) is 1. The van der Waals surface area contributed by atoms with Gasteiger partial charge in [-0.15, -0.1) is 0 Å². The van der Waals surface area contributed by atoms with Gasteiger partial charge < -0.3 is 39.3 Å². The molecule has 0 saturated heterocycles. The van der Waals surface area contributed by atoms with E-state index in [0.717, 1.165) is 0 Å². The third kappa shape index (κ3) is 16.1. The fourth-order valence-corrected chi connectivity index (χ4v) is 2.25. The van der Waals surface area contributed by atoms with Gasteiger partial charge in [-0.05, 0) is 6.42 Å². The largest absolute Gasteiger partial charge is 0.492 e. The Kier molecular flexibility index (Phi) is 9.20. The van der Waals surface area contributed by atoms with Crippen molar-refractivity contribution in [2.45, 2.75) is 18.6 Å². The molecule has 11 heteroatoms. The number of rotatable bonds is 11. The molecular weight excluding hydrogens is 297 g/mol. The maximum atomic E-state index is 10.5. The van der Waals surface area contributed by atoms with E-state index in [9.17, 15) is 9.67 Å². The summed E-state index contributed by atoms with van der Waals surface area (Å²) < 4.78 is 15.5. The number of aliphatic hydroxyl groups is 1. The molecule has 0 aliphatic rings. The molecule has 1 atom stereocenters. The van der Waals surface area contributed by atoms with Gasteiger partial charge in [0.2, 0.25) is 0 Å². The van der Waals surface area contributed by atoms with Gasteiger partial charge in [-0.3, -0.25) is 4.57 Å². The summed E-state index contributed by atoms with van der Waals surface area (Å²) in [7, 11) is -8.02. The second-order valence-electron chi connectivity index (χ2n) is 4.20. The first-order valence-electron chi connectivity index (χ1n) is 5.78. The van der Waals surface area contributed by atoms with Gasteiger partial charge in [0.25, 0.3) is 0 Å². The highest BCUT2D eigenvalue weighted by atomic mass is 31.2. The third-order valence-corrected chi connectivity index (χ3v) is 3.90. The van der Waals surface area contributed by atoms with Crippen LogP contribution in [0.25, 0.3) is 0 Å². The molecule has 0 aromatic heterocycles. The normalized spacial score (nSPS) is 14.6. The van der Waals surface area contributed by atoms with Gasteiger partial charge in [0.15, 0.2) is 0 Å². The van der Waals surface area contributed by atoms with Gasteiger partial charge in [-0.25, -0.2) is 0 Å². The molecule has 9 nitrogen and oxygen atoms in total. The smallest absolute Gasteiger partial charge is 0.390 e. The topological polar surface area (TPSA) is 160 Å². The van der Waals surface area contributed by atoms with Crippen molar-refractivity contribution in [3.05, 3.63) is 0 Å². The molecule has 116 valence electrons. The Labute approximate surface area is 112 Å². The second-order valence-corrected chi connectivity index (χ2v) is 8.02. The summed E-state index contributed by atoms with van der Waals surface area (Å²) in [6.07, 6.45) is -0.846. The van der Waals surface area contributed by atoms with Crippen LogP contribution in [-0.4, -0.2) is 76.7 Å². The minimum absolute atomic E-state index is 0.0136. The van der Waals surface area contributed by atoms with Gasteiger partial charge in [-0.2, -0.15) is 0 Å². The molecule has 7 N–H and O–H groups in total. The lowest BCUT2D eigenvalue weighted by Crippen LogP contribution is -2.35. The van der Waals surface area contributed by atoms with Crippen molar-refractivity contribution in [3.63, 3.8) is 0 Å². The third-order valence-electron chi connectivity index (χ3n) is 2.07. The second kappa shape index (κ2) is 9.13. The average Bonchev–Trinajstić information content (AvgIpc) is 2.21. The standard InChI is InChI=1S/C8H22NO8PSi/c10-8(6-9-2-4-18(11,12)13)7-17-3-1-5-19(14,15)16/h8-10,14-16H,1-7H2,(H2,11,12,13). The summed E-state index contributed by atoms with van der Waals surface area (Å²) in [6, 6.07) is -0.121. The fourth-order valence-electron chi connectivity index (χ4n) is 1.18. The minimum atomic E-state index is -4.01. The van der Waals surface area contributed by atoms with Crippen molar-refractivity contribution >= 4 is 16.4 Å². The van der Waals surface area contributed by atoms with Crippen molar-refractivity contribution in [1.82, 2.24) is 5.32 Å². The van der Waals surface area contributed by atoms with Crippen molar-refractivity contribution in [2.75, 3.05) is 32.5 Å². The van der Waals surface area contributed by atoms with E-state index >= 15 is 0 Å². The Morgan fingerprint density at radius 1 is 1.26 bits per heavy atom. The molecule has 1 unspecified atom stereocenters. The molecule has 0 saturated carbocycles. The molecule has 0 aliphatic carbocycles. The Balaban J connectivity index is 3.40. The first-order chi connectivity index (χ1) is 8.60. The molecule has 0 aromatic rings. The molecule has 0 aromatic carbocycles. The van der Waals surface area contributed by atoms with E-state index in [2.05, 4.69) is 5.32 Å². The predicted molar refractivity (Wildman–Crippen MR) is 68.4 cm³/mol. The van der Waals surface area contributed by atoms with Crippen molar-refractivity contribution < 1.29 is 38.6 Å². The van der Waals surface area contributed by atoms with E-state index in [1.807, 2.05) is 0 Å². The van der Waals surface area contributed by atoms with Gasteiger partial charge in [0, 0.05) is 25.7 Å². The summed E-state index contributed by atoms with van der Waals surface area (Å²) in [5.74, 6) is 0. The van der Waals surface area contributed by atoms with Crippen LogP contribution in [0.5, 0.6) is 0 Å². The first-order valence-corrected chi connectivity index (χ1v) is 9.63. The summed E-state index contributed by atoms with van der Waals surface area (Å²) in [5, 5.41) is 12.1. The van der Waals surface area contributed by atoms with E-state index in [-0.39, 0.29) is 44.9 Å². The summed E-state index contributed by atoms with van der Waals surface area (Å²) in [4.78, 5) is 43.3. The predicted octanol–water partition coefficient (Wildman–Crippen LogP) is -2.56. The summed E-state index contributed by atoms with van der Waals surface area (Å²) in [5.41, 5.74) is 0. The van der Waals surface area contributed by atoms with Crippen LogP contribution in [-0.2, 0) is 9.30 Å². The Bertz CT molecular complexity index is 280. The van der Waals surface area contributed by atoms with E-state index in [1.54, 1.807) is 0 Å². The molecule has 0 rings (SSSR count).